The molecule has 180 valence electrons. The summed E-state index contributed by atoms with van der Waals surface area (Å²) in [4.78, 5) is 28.3. The van der Waals surface area contributed by atoms with Crippen LogP contribution in [0.2, 0.25) is 0 Å². The molecule has 13 heteroatoms. The van der Waals surface area contributed by atoms with E-state index in [0.717, 1.165) is 12.1 Å². The van der Waals surface area contributed by atoms with Crippen molar-refractivity contribution in [1.82, 2.24) is 24.2 Å². The van der Waals surface area contributed by atoms with Gasteiger partial charge in [-0.2, -0.15) is 12.7 Å². The van der Waals surface area contributed by atoms with E-state index in [4.69, 9.17) is 5.73 Å². The summed E-state index contributed by atoms with van der Waals surface area (Å²) in [6, 6.07) is 4.98. The van der Waals surface area contributed by atoms with Crippen molar-refractivity contribution < 1.29 is 22.0 Å². The number of pyridine rings is 1. The van der Waals surface area contributed by atoms with Crippen molar-refractivity contribution in [2.75, 3.05) is 23.5 Å². The first-order valence-corrected chi connectivity index (χ1v) is 12.1. The minimum atomic E-state index is -4.05. The number of fused-ring (bicyclic) bond motifs is 1. The van der Waals surface area contributed by atoms with Gasteiger partial charge >= 0.3 is 10.2 Å². The Morgan fingerprint density at radius 3 is 2.66 bits per heavy atom. The van der Waals surface area contributed by atoms with Gasteiger partial charge in [0, 0.05) is 48.2 Å². The maximum atomic E-state index is 15.3. The molecule has 0 bridgehead atoms. The Kier molecular flexibility index (Phi) is 5.65. The summed E-state index contributed by atoms with van der Waals surface area (Å²) >= 11 is 0. The van der Waals surface area contributed by atoms with Crippen molar-refractivity contribution >= 4 is 38.7 Å². The molecule has 4 heterocycles. The number of anilines is 2. The van der Waals surface area contributed by atoms with Crippen LogP contribution >= 0.6 is 0 Å². The van der Waals surface area contributed by atoms with E-state index in [1.165, 1.54) is 22.9 Å². The third-order valence-electron chi connectivity index (χ3n) is 5.71. The van der Waals surface area contributed by atoms with Crippen molar-refractivity contribution in [3.8, 4) is 11.3 Å². The van der Waals surface area contributed by atoms with E-state index in [2.05, 4.69) is 24.7 Å². The molecule has 1 saturated heterocycles. The predicted molar refractivity (Wildman–Crippen MR) is 125 cm³/mol. The molecule has 1 aliphatic rings. The second kappa shape index (κ2) is 8.67. The number of aromatic nitrogens is 4. The Morgan fingerprint density at radius 1 is 1.14 bits per heavy atom. The number of rotatable bonds is 6. The van der Waals surface area contributed by atoms with Gasteiger partial charge in [0.15, 0.2) is 5.82 Å². The van der Waals surface area contributed by atoms with E-state index in [-0.39, 0.29) is 11.5 Å². The maximum absolute atomic E-state index is 15.3. The molecule has 5 rings (SSSR count). The number of aromatic amines is 1. The van der Waals surface area contributed by atoms with Crippen LogP contribution in [0, 0.1) is 11.6 Å². The van der Waals surface area contributed by atoms with Gasteiger partial charge < -0.3 is 10.7 Å². The summed E-state index contributed by atoms with van der Waals surface area (Å²) < 4.78 is 58.4. The quantitative estimate of drug-likeness (QED) is 0.346. The lowest BCUT2D eigenvalue weighted by molar-refractivity contribution is 0.103. The zero-order valence-corrected chi connectivity index (χ0v) is 18.9. The fraction of sp³-hybridized carbons (Fsp3) is 0.182. The molecule has 35 heavy (non-hydrogen) atoms. The minimum Gasteiger partial charge on any atom is -0.368 e. The Morgan fingerprint density at radius 2 is 1.91 bits per heavy atom. The summed E-state index contributed by atoms with van der Waals surface area (Å²) in [7, 11) is -4.05. The SMILES string of the molecule is Nc1nccc(-c2cnc3[nH]cc(C(=O)c4c(F)ccc(NS(=O)(=O)N5CCCC5)c4F)c3c2)n1. The third-order valence-corrected chi connectivity index (χ3v) is 7.23. The molecule has 0 unspecified atom stereocenters. The average molecular weight is 500 g/mol. The molecule has 0 atom stereocenters. The van der Waals surface area contributed by atoms with Crippen molar-refractivity contribution in [2.24, 2.45) is 0 Å². The van der Waals surface area contributed by atoms with E-state index in [1.807, 2.05) is 0 Å². The number of nitrogen functional groups attached to an aromatic ring is 1. The van der Waals surface area contributed by atoms with Gasteiger partial charge in [0.2, 0.25) is 11.7 Å². The Bertz CT molecular complexity index is 1570. The molecule has 1 aliphatic heterocycles. The van der Waals surface area contributed by atoms with E-state index < -0.39 is 38.9 Å². The lowest BCUT2D eigenvalue weighted by Crippen LogP contribution is -2.33. The first-order chi connectivity index (χ1) is 16.7. The van der Waals surface area contributed by atoms with Crippen LogP contribution in [-0.4, -0.2) is 51.5 Å². The van der Waals surface area contributed by atoms with Gasteiger partial charge in [-0.05, 0) is 37.1 Å². The Balaban J connectivity index is 1.54. The summed E-state index contributed by atoms with van der Waals surface area (Å²) in [5.41, 5.74) is 5.45. The fourth-order valence-electron chi connectivity index (χ4n) is 3.97. The molecule has 0 saturated carbocycles. The van der Waals surface area contributed by atoms with E-state index in [0.29, 0.717) is 48.2 Å². The first-order valence-electron chi connectivity index (χ1n) is 10.6. The summed E-state index contributed by atoms with van der Waals surface area (Å²) in [5, 5.41) is 0.298. The molecule has 0 amide bonds. The molecule has 0 aliphatic carbocycles. The third kappa shape index (κ3) is 4.19. The van der Waals surface area contributed by atoms with Crippen molar-refractivity contribution in [3.05, 3.63) is 65.6 Å². The number of hydrogen-bond acceptors (Lipinski definition) is 7. The van der Waals surface area contributed by atoms with E-state index in [9.17, 15) is 17.6 Å². The Labute approximate surface area is 198 Å². The van der Waals surface area contributed by atoms with Gasteiger partial charge in [0.1, 0.15) is 11.5 Å². The number of halogens is 2. The van der Waals surface area contributed by atoms with Crippen LogP contribution in [0.4, 0.5) is 20.4 Å². The van der Waals surface area contributed by atoms with Crippen LogP contribution in [0.5, 0.6) is 0 Å². The van der Waals surface area contributed by atoms with Crippen molar-refractivity contribution in [3.63, 3.8) is 0 Å². The van der Waals surface area contributed by atoms with E-state index >= 15 is 4.39 Å². The fourth-order valence-corrected chi connectivity index (χ4v) is 5.28. The molecule has 10 nitrogen and oxygen atoms in total. The van der Waals surface area contributed by atoms with Gasteiger partial charge in [-0.1, -0.05) is 0 Å². The molecule has 1 aromatic carbocycles. The summed E-state index contributed by atoms with van der Waals surface area (Å²) in [5.74, 6) is -3.36. The van der Waals surface area contributed by atoms with Crippen LogP contribution in [0.3, 0.4) is 0 Å². The lowest BCUT2D eigenvalue weighted by Gasteiger charge is -2.18. The number of carbonyl (C=O) groups is 1. The highest BCUT2D eigenvalue weighted by Gasteiger charge is 2.29. The van der Waals surface area contributed by atoms with Crippen LogP contribution in [0.15, 0.2) is 42.9 Å². The second-order valence-corrected chi connectivity index (χ2v) is 9.62. The maximum Gasteiger partial charge on any atom is 0.301 e. The molecule has 0 radical (unpaired) electrons. The topological polar surface area (TPSA) is 147 Å². The predicted octanol–water partition coefficient (Wildman–Crippen LogP) is 2.86. The molecule has 1 fully saturated rings. The van der Waals surface area contributed by atoms with Crippen molar-refractivity contribution in [1.29, 1.82) is 0 Å². The number of carbonyl (C=O) groups excluding carboxylic acids is 1. The number of nitrogens with zero attached hydrogens (tertiary/aromatic N) is 4. The minimum absolute atomic E-state index is 0.0466. The van der Waals surface area contributed by atoms with Gasteiger partial charge in [-0.25, -0.2) is 23.7 Å². The van der Waals surface area contributed by atoms with Crippen LogP contribution < -0.4 is 10.5 Å². The average Bonchev–Trinajstić information content (AvgIpc) is 3.51. The molecular formula is C22H19F2N7O3S. The van der Waals surface area contributed by atoms with Gasteiger partial charge in [-0.3, -0.25) is 9.52 Å². The molecule has 3 aromatic heterocycles. The number of nitrogens with one attached hydrogen (secondary N) is 2. The van der Waals surface area contributed by atoms with Gasteiger partial charge in [0.25, 0.3) is 0 Å². The summed E-state index contributed by atoms with van der Waals surface area (Å²) in [6.07, 6.45) is 5.63. The standard InChI is InChI=1S/C22H19F2N7O3S/c23-15-3-4-17(30-35(33,34)31-7-1-2-8-31)19(24)18(15)20(32)14-11-28-21-13(14)9-12(10-27-21)16-5-6-26-22(25)29-16/h3-6,9-11,30H,1-2,7-8H2,(H,27,28)(H2,25,26,29). The number of nitrogens with two attached hydrogens (primary N) is 1. The molecular weight excluding hydrogens is 480 g/mol. The normalized spacial score (nSPS) is 14.5. The number of hydrogen-bond donors (Lipinski definition) is 3. The second-order valence-electron chi connectivity index (χ2n) is 7.95. The van der Waals surface area contributed by atoms with Gasteiger partial charge in [0.05, 0.1) is 16.9 Å². The van der Waals surface area contributed by atoms with Crippen LogP contribution in [0.1, 0.15) is 28.8 Å². The zero-order chi connectivity index (χ0) is 24.7. The zero-order valence-electron chi connectivity index (χ0n) is 18.1. The monoisotopic (exact) mass is 499 g/mol. The number of H-pyrrole nitrogens is 1. The van der Waals surface area contributed by atoms with E-state index in [1.54, 1.807) is 12.1 Å². The van der Waals surface area contributed by atoms with Crippen LogP contribution in [-0.2, 0) is 10.2 Å². The lowest BCUT2D eigenvalue weighted by atomic mass is 10.0. The highest BCUT2D eigenvalue weighted by Crippen LogP contribution is 2.29. The molecule has 4 N–H and O–H groups in total. The smallest absolute Gasteiger partial charge is 0.301 e. The van der Waals surface area contributed by atoms with Crippen LogP contribution in [0.25, 0.3) is 22.3 Å². The van der Waals surface area contributed by atoms with Crippen molar-refractivity contribution in [2.45, 2.75) is 12.8 Å². The number of benzene rings is 1. The Hall–Kier alpha value is -3.97. The highest BCUT2D eigenvalue weighted by molar-refractivity contribution is 7.90. The molecule has 0 spiro atoms. The summed E-state index contributed by atoms with van der Waals surface area (Å²) in [6.45, 7) is 0.596. The largest absolute Gasteiger partial charge is 0.368 e. The first kappa shape index (κ1) is 22.8. The highest BCUT2D eigenvalue weighted by atomic mass is 32.2. The van der Waals surface area contributed by atoms with Gasteiger partial charge in [-0.15, -0.1) is 0 Å². The molecule has 4 aromatic rings. The number of ketones is 1.